The van der Waals surface area contributed by atoms with E-state index in [0.29, 0.717) is 35.3 Å². The number of hydrogen-bond donors (Lipinski definition) is 2. The highest BCUT2D eigenvalue weighted by atomic mass is 16.3. The van der Waals surface area contributed by atoms with Gasteiger partial charge in [-0.25, -0.2) is 9.97 Å². The summed E-state index contributed by atoms with van der Waals surface area (Å²) in [6.07, 6.45) is 11.7. The van der Waals surface area contributed by atoms with E-state index in [4.69, 9.17) is 0 Å². The van der Waals surface area contributed by atoms with Crippen molar-refractivity contribution < 1.29 is 10.2 Å². The van der Waals surface area contributed by atoms with Crippen LogP contribution in [0.2, 0.25) is 0 Å². The molecule has 1 heterocycles. The fourth-order valence-electron chi connectivity index (χ4n) is 7.47. The van der Waals surface area contributed by atoms with Crippen molar-refractivity contribution in [2.75, 3.05) is 0 Å². The van der Waals surface area contributed by atoms with E-state index >= 15 is 0 Å². The molecule has 28 heavy (non-hydrogen) atoms. The zero-order valence-corrected chi connectivity index (χ0v) is 17.2. The van der Waals surface area contributed by atoms with Gasteiger partial charge in [0.15, 0.2) is 5.82 Å². The zero-order valence-electron chi connectivity index (χ0n) is 17.2. The number of nitrogens with zero attached hydrogens (tertiary/aromatic N) is 2. The summed E-state index contributed by atoms with van der Waals surface area (Å²) in [5, 5.41) is 21.2. The van der Waals surface area contributed by atoms with Gasteiger partial charge >= 0.3 is 0 Å². The van der Waals surface area contributed by atoms with Gasteiger partial charge in [-0.3, -0.25) is 0 Å². The van der Waals surface area contributed by atoms with Crippen molar-refractivity contribution in [3.63, 3.8) is 0 Å². The Labute approximate surface area is 167 Å². The van der Waals surface area contributed by atoms with Gasteiger partial charge in [-0.15, -0.1) is 0 Å². The smallest absolute Gasteiger partial charge is 0.158 e. The van der Waals surface area contributed by atoms with Crippen molar-refractivity contribution in [1.82, 2.24) is 9.97 Å². The third-order valence-electron chi connectivity index (χ3n) is 8.86. The molecule has 150 valence electrons. The molecule has 0 aromatic carbocycles. The second-order valence-corrected chi connectivity index (χ2v) is 10.2. The number of rotatable bonds is 1. The number of aliphatic hydroxyl groups is 2. The third kappa shape index (κ3) is 2.39. The molecule has 0 radical (unpaired) electrons. The van der Waals surface area contributed by atoms with Crippen molar-refractivity contribution in [3.05, 3.63) is 41.7 Å². The van der Waals surface area contributed by atoms with Crippen LogP contribution < -0.4 is 0 Å². The molecule has 1 aromatic heterocycles. The van der Waals surface area contributed by atoms with Gasteiger partial charge in [0, 0.05) is 29.8 Å². The van der Waals surface area contributed by atoms with E-state index in [0.717, 1.165) is 37.7 Å². The van der Waals surface area contributed by atoms with Crippen LogP contribution in [0.5, 0.6) is 0 Å². The van der Waals surface area contributed by atoms with Crippen LogP contribution in [-0.2, 0) is 0 Å². The van der Waals surface area contributed by atoms with Crippen LogP contribution >= 0.6 is 0 Å². The second kappa shape index (κ2) is 6.16. The van der Waals surface area contributed by atoms with Gasteiger partial charge in [0.25, 0.3) is 0 Å². The lowest BCUT2D eigenvalue weighted by molar-refractivity contribution is -0.0438. The number of hydrogen-bond acceptors (Lipinski definition) is 4. The zero-order chi connectivity index (χ0) is 19.7. The maximum Gasteiger partial charge on any atom is 0.158 e. The highest BCUT2D eigenvalue weighted by Gasteiger charge is 2.60. The van der Waals surface area contributed by atoms with E-state index in [1.165, 1.54) is 12.0 Å². The van der Waals surface area contributed by atoms with Crippen molar-refractivity contribution in [2.24, 2.45) is 34.5 Å². The average molecular weight is 381 g/mol. The van der Waals surface area contributed by atoms with Crippen LogP contribution in [0.15, 0.2) is 35.9 Å². The van der Waals surface area contributed by atoms with Crippen molar-refractivity contribution in [3.8, 4) is 0 Å². The first kappa shape index (κ1) is 18.4. The second-order valence-electron chi connectivity index (χ2n) is 10.2. The maximum absolute atomic E-state index is 11.0. The summed E-state index contributed by atoms with van der Waals surface area (Å²) in [7, 11) is 0. The molecular formula is C24H32N2O2. The lowest BCUT2D eigenvalue weighted by atomic mass is 9.45. The Hall–Kier alpha value is -1.68. The summed E-state index contributed by atoms with van der Waals surface area (Å²) in [4.78, 5) is 8.98. The number of fused-ring (bicyclic) bond motifs is 5. The van der Waals surface area contributed by atoms with Crippen LogP contribution in [0.3, 0.4) is 0 Å². The Kier molecular flexibility index (Phi) is 4.04. The first-order valence-electron chi connectivity index (χ1n) is 10.9. The molecule has 2 unspecified atom stereocenters. The minimum absolute atomic E-state index is 0.0588. The van der Waals surface area contributed by atoms with Crippen LogP contribution in [0.4, 0.5) is 0 Å². The quantitative estimate of drug-likeness (QED) is 0.678. The van der Waals surface area contributed by atoms with Crippen LogP contribution in [-0.4, -0.2) is 26.3 Å². The molecule has 0 aliphatic heterocycles. The molecule has 4 aliphatic carbocycles. The van der Waals surface area contributed by atoms with E-state index in [9.17, 15) is 10.2 Å². The Morgan fingerprint density at radius 2 is 1.71 bits per heavy atom. The van der Waals surface area contributed by atoms with E-state index in [2.05, 4.69) is 36.8 Å². The predicted octanol–water partition coefficient (Wildman–Crippen LogP) is 4.93. The SMILES string of the molecule is CC1C=C2CC(O)CC[C@]2(C)[C@@H]2CC[C@]3(C)C(c4ncccn4)=C(O)C[C@H]3[C@H]12. The minimum Gasteiger partial charge on any atom is -0.512 e. The first-order valence-corrected chi connectivity index (χ1v) is 10.9. The van der Waals surface area contributed by atoms with Crippen molar-refractivity contribution in [2.45, 2.75) is 65.4 Å². The summed E-state index contributed by atoms with van der Waals surface area (Å²) >= 11 is 0. The van der Waals surface area contributed by atoms with E-state index < -0.39 is 0 Å². The monoisotopic (exact) mass is 380 g/mol. The summed E-state index contributed by atoms with van der Waals surface area (Å²) in [5.74, 6) is 3.32. The molecule has 0 spiro atoms. The Morgan fingerprint density at radius 3 is 2.46 bits per heavy atom. The number of aliphatic hydroxyl groups excluding tert-OH is 2. The molecule has 4 heteroatoms. The predicted molar refractivity (Wildman–Crippen MR) is 109 cm³/mol. The molecule has 2 N–H and O–H groups in total. The molecular weight excluding hydrogens is 348 g/mol. The summed E-state index contributed by atoms with van der Waals surface area (Å²) in [5.41, 5.74) is 2.63. The Balaban J connectivity index is 1.55. The first-order chi connectivity index (χ1) is 13.3. The van der Waals surface area contributed by atoms with Crippen LogP contribution in [0.1, 0.15) is 65.1 Å². The molecule has 0 saturated heterocycles. The standard InChI is InChI=1S/C24H32N2O2/c1-14-11-15-12-16(27)5-7-23(15,2)17-6-8-24(3)18(20(14)17)13-19(28)21(24)22-25-9-4-10-26-22/h4,9-11,14,16-18,20,27-28H,5-8,12-13H2,1-3H3/t14?,16?,17-,18+,20-,23+,24+/m1/s1. The van der Waals surface area contributed by atoms with Gasteiger partial charge in [-0.2, -0.15) is 0 Å². The van der Waals surface area contributed by atoms with Crippen LogP contribution in [0.25, 0.3) is 5.57 Å². The molecule has 2 saturated carbocycles. The lowest BCUT2D eigenvalue weighted by Crippen LogP contribution is -2.52. The van der Waals surface area contributed by atoms with E-state index in [-0.39, 0.29) is 16.9 Å². The normalized spacial score (nSPS) is 45.1. The molecule has 5 rings (SSSR count). The topological polar surface area (TPSA) is 66.2 Å². The van der Waals surface area contributed by atoms with E-state index in [1.807, 2.05) is 6.07 Å². The van der Waals surface area contributed by atoms with Gasteiger partial charge < -0.3 is 10.2 Å². The fourth-order valence-corrected chi connectivity index (χ4v) is 7.47. The number of allylic oxidation sites excluding steroid dienone is 3. The Morgan fingerprint density at radius 1 is 1.00 bits per heavy atom. The largest absolute Gasteiger partial charge is 0.512 e. The molecule has 1 aromatic rings. The van der Waals surface area contributed by atoms with Gasteiger partial charge in [0.1, 0.15) is 5.76 Å². The highest BCUT2D eigenvalue weighted by molar-refractivity contribution is 5.70. The van der Waals surface area contributed by atoms with Gasteiger partial charge in [0.2, 0.25) is 0 Å². The fraction of sp³-hybridized carbons (Fsp3) is 0.667. The van der Waals surface area contributed by atoms with E-state index in [1.54, 1.807) is 12.4 Å². The summed E-state index contributed by atoms with van der Waals surface area (Å²) in [6, 6.07) is 1.83. The number of aromatic nitrogens is 2. The molecule has 7 atom stereocenters. The summed E-state index contributed by atoms with van der Waals surface area (Å²) in [6.45, 7) is 7.13. The van der Waals surface area contributed by atoms with Crippen LogP contribution in [0, 0.1) is 34.5 Å². The lowest BCUT2D eigenvalue weighted by Gasteiger charge is -2.59. The van der Waals surface area contributed by atoms with Crippen molar-refractivity contribution >= 4 is 5.57 Å². The van der Waals surface area contributed by atoms with Gasteiger partial charge in [-0.05, 0) is 67.3 Å². The molecule has 2 fully saturated rings. The van der Waals surface area contributed by atoms with Crippen molar-refractivity contribution in [1.29, 1.82) is 0 Å². The minimum atomic E-state index is -0.170. The van der Waals surface area contributed by atoms with Gasteiger partial charge in [-0.1, -0.05) is 32.4 Å². The molecule has 0 bridgehead atoms. The molecule has 4 nitrogen and oxygen atoms in total. The molecule has 4 aliphatic rings. The maximum atomic E-state index is 11.0. The Bertz CT molecular complexity index is 847. The highest BCUT2D eigenvalue weighted by Crippen LogP contribution is 2.67. The molecule has 0 amide bonds. The van der Waals surface area contributed by atoms with Gasteiger partial charge in [0.05, 0.1) is 6.10 Å². The third-order valence-corrected chi connectivity index (χ3v) is 8.86. The average Bonchev–Trinajstić information content (AvgIpc) is 2.94. The summed E-state index contributed by atoms with van der Waals surface area (Å²) < 4.78 is 0.